The summed E-state index contributed by atoms with van der Waals surface area (Å²) in [6.07, 6.45) is 1.46. The van der Waals surface area contributed by atoms with Crippen LogP contribution in [0, 0.1) is 5.92 Å². The summed E-state index contributed by atoms with van der Waals surface area (Å²) in [4.78, 5) is 40.9. The molecule has 138 valence electrons. The van der Waals surface area contributed by atoms with Gasteiger partial charge in [0, 0.05) is 19.0 Å². The number of hydrogen-bond acceptors (Lipinski definition) is 5. The minimum Gasteiger partial charge on any atom is -0.368 e. The molecule has 3 aliphatic rings. The Morgan fingerprint density at radius 1 is 1.27 bits per heavy atom. The molecule has 2 unspecified atom stereocenters. The Morgan fingerprint density at radius 2 is 2.04 bits per heavy atom. The normalized spacial score (nSPS) is 24.6. The van der Waals surface area contributed by atoms with E-state index < -0.39 is 12.1 Å². The molecule has 1 N–H and O–H groups in total. The molecule has 0 radical (unpaired) electrons. The summed E-state index contributed by atoms with van der Waals surface area (Å²) >= 11 is 0. The number of amides is 2. The van der Waals surface area contributed by atoms with Crippen molar-refractivity contribution in [2.75, 3.05) is 36.5 Å². The van der Waals surface area contributed by atoms with E-state index in [1.165, 1.54) is 4.90 Å². The predicted octanol–water partition coefficient (Wildman–Crippen LogP) is 1.04. The number of ether oxygens (including phenoxy) is 1. The number of carbonyl (C=O) groups is 3. The number of ketones is 1. The third kappa shape index (κ3) is 3.24. The fraction of sp³-hybridized carbons (Fsp3) is 0.526. The lowest BCUT2D eigenvalue weighted by molar-refractivity contribution is -0.141. The number of nitrogens with zero attached hydrogens (tertiary/aromatic N) is 2. The Labute approximate surface area is 152 Å². The van der Waals surface area contributed by atoms with Crippen molar-refractivity contribution in [1.82, 2.24) is 4.90 Å². The lowest BCUT2D eigenvalue weighted by Crippen LogP contribution is -2.56. The van der Waals surface area contributed by atoms with Gasteiger partial charge >= 0.3 is 0 Å². The molecule has 7 heteroatoms. The number of fused-ring (bicyclic) bond motifs is 1. The van der Waals surface area contributed by atoms with Crippen molar-refractivity contribution in [3.8, 4) is 0 Å². The standard InChI is InChI=1S/C19H23N3O4/c1-12(21-8-9-26-16(10-21)18(24)13-6-7-13)19(25)22-11-17(23)20-14-4-2-3-5-15(14)22/h2-5,12-13,16H,6-11H2,1H3,(H,20,23). The van der Waals surface area contributed by atoms with Gasteiger partial charge in [0.15, 0.2) is 5.78 Å². The maximum absolute atomic E-state index is 13.1. The average molecular weight is 357 g/mol. The highest BCUT2D eigenvalue weighted by Gasteiger charge is 2.40. The number of benzene rings is 1. The molecule has 1 aromatic rings. The summed E-state index contributed by atoms with van der Waals surface area (Å²) in [6, 6.07) is 6.87. The zero-order chi connectivity index (χ0) is 18.3. The van der Waals surface area contributed by atoms with Crippen LogP contribution < -0.4 is 10.2 Å². The minimum absolute atomic E-state index is 0.00889. The van der Waals surface area contributed by atoms with Gasteiger partial charge in [-0.15, -0.1) is 0 Å². The number of rotatable bonds is 4. The van der Waals surface area contributed by atoms with Crippen molar-refractivity contribution >= 4 is 29.0 Å². The minimum atomic E-state index is -0.441. The van der Waals surface area contributed by atoms with Gasteiger partial charge in [-0.2, -0.15) is 0 Å². The van der Waals surface area contributed by atoms with E-state index in [9.17, 15) is 14.4 Å². The summed E-state index contributed by atoms with van der Waals surface area (Å²) in [7, 11) is 0. The molecule has 26 heavy (non-hydrogen) atoms. The summed E-state index contributed by atoms with van der Waals surface area (Å²) in [5.41, 5.74) is 1.36. The van der Waals surface area contributed by atoms with Crippen LogP contribution in [-0.4, -0.2) is 60.9 Å². The Bertz CT molecular complexity index is 746. The zero-order valence-corrected chi connectivity index (χ0v) is 14.8. The predicted molar refractivity (Wildman–Crippen MR) is 95.9 cm³/mol. The van der Waals surface area contributed by atoms with Crippen LogP contribution in [0.2, 0.25) is 0 Å². The maximum Gasteiger partial charge on any atom is 0.244 e. The van der Waals surface area contributed by atoms with Gasteiger partial charge < -0.3 is 10.1 Å². The molecule has 4 rings (SSSR count). The van der Waals surface area contributed by atoms with E-state index in [0.29, 0.717) is 31.1 Å². The Morgan fingerprint density at radius 3 is 2.81 bits per heavy atom. The molecule has 0 bridgehead atoms. The van der Waals surface area contributed by atoms with E-state index in [0.717, 1.165) is 12.8 Å². The third-order valence-corrected chi connectivity index (χ3v) is 5.34. The first-order valence-corrected chi connectivity index (χ1v) is 9.14. The van der Waals surface area contributed by atoms with Gasteiger partial charge in [-0.3, -0.25) is 24.2 Å². The molecule has 0 aromatic heterocycles. The topological polar surface area (TPSA) is 79.0 Å². The van der Waals surface area contributed by atoms with Gasteiger partial charge in [0.2, 0.25) is 11.8 Å². The van der Waals surface area contributed by atoms with Gasteiger partial charge in [-0.1, -0.05) is 12.1 Å². The van der Waals surface area contributed by atoms with Crippen LogP contribution in [0.4, 0.5) is 11.4 Å². The van der Waals surface area contributed by atoms with Crippen LogP contribution in [0.25, 0.3) is 0 Å². The lowest BCUT2D eigenvalue weighted by atomic mass is 10.1. The number of morpholine rings is 1. The van der Waals surface area contributed by atoms with Crippen LogP contribution >= 0.6 is 0 Å². The second-order valence-corrected chi connectivity index (χ2v) is 7.20. The molecule has 2 amide bonds. The van der Waals surface area contributed by atoms with E-state index in [1.54, 1.807) is 6.07 Å². The first-order chi connectivity index (χ1) is 12.5. The molecule has 1 aliphatic carbocycles. The van der Waals surface area contributed by atoms with Crippen LogP contribution in [0.15, 0.2) is 24.3 Å². The number of hydrogen-bond donors (Lipinski definition) is 1. The molecule has 2 heterocycles. The van der Waals surface area contributed by atoms with Crippen LogP contribution in [0.5, 0.6) is 0 Å². The number of para-hydroxylation sites is 2. The van der Waals surface area contributed by atoms with E-state index in [4.69, 9.17) is 4.74 Å². The lowest BCUT2D eigenvalue weighted by Gasteiger charge is -2.38. The summed E-state index contributed by atoms with van der Waals surface area (Å²) in [5.74, 6) is -0.0273. The molecular formula is C19H23N3O4. The molecule has 2 fully saturated rings. The van der Waals surface area contributed by atoms with Crippen LogP contribution in [-0.2, 0) is 19.1 Å². The van der Waals surface area contributed by atoms with Crippen LogP contribution in [0.3, 0.4) is 0 Å². The highest BCUT2D eigenvalue weighted by atomic mass is 16.5. The SMILES string of the molecule is CC(C(=O)N1CC(=O)Nc2ccccc21)N1CCOC(C(=O)C2CC2)C1. The molecule has 1 aromatic carbocycles. The summed E-state index contributed by atoms with van der Waals surface area (Å²) < 4.78 is 5.64. The zero-order valence-electron chi connectivity index (χ0n) is 14.8. The monoisotopic (exact) mass is 357 g/mol. The van der Waals surface area contributed by atoms with Gasteiger partial charge in [-0.25, -0.2) is 0 Å². The van der Waals surface area contributed by atoms with Crippen molar-refractivity contribution < 1.29 is 19.1 Å². The molecule has 2 aliphatic heterocycles. The van der Waals surface area contributed by atoms with Crippen molar-refractivity contribution in [3.63, 3.8) is 0 Å². The second kappa shape index (κ2) is 6.81. The highest BCUT2D eigenvalue weighted by Crippen LogP contribution is 2.33. The fourth-order valence-corrected chi connectivity index (χ4v) is 3.64. The van der Waals surface area contributed by atoms with Crippen molar-refractivity contribution in [1.29, 1.82) is 0 Å². The van der Waals surface area contributed by atoms with E-state index in [1.807, 2.05) is 30.0 Å². The van der Waals surface area contributed by atoms with Crippen LogP contribution in [0.1, 0.15) is 19.8 Å². The fourth-order valence-electron chi connectivity index (χ4n) is 3.64. The Kier molecular flexibility index (Phi) is 4.50. The van der Waals surface area contributed by atoms with E-state index >= 15 is 0 Å². The van der Waals surface area contributed by atoms with Crippen molar-refractivity contribution in [2.45, 2.75) is 31.9 Å². The quantitative estimate of drug-likeness (QED) is 0.871. The first kappa shape index (κ1) is 17.2. The molecule has 0 spiro atoms. The largest absolute Gasteiger partial charge is 0.368 e. The smallest absolute Gasteiger partial charge is 0.244 e. The number of carbonyl (C=O) groups excluding carboxylic acids is 3. The molecular weight excluding hydrogens is 334 g/mol. The Balaban J connectivity index is 1.49. The second-order valence-electron chi connectivity index (χ2n) is 7.20. The van der Waals surface area contributed by atoms with Gasteiger partial charge in [0.1, 0.15) is 12.6 Å². The summed E-state index contributed by atoms with van der Waals surface area (Å²) in [6.45, 7) is 3.32. The maximum atomic E-state index is 13.1. The van der Waals surface area contributed by atoms with Gasteiger partial charge in [-0.05, 0) is 31.9 Å². The van der Waals surface area contributed by atoms with Gasteiger partial charge in [0.25, 0.3) is 0 Å². The van der Waals surface area contributed by atoms with Gasteiger partial charge in [0.05, 0.1) is 24.0 Å². The van der Waals surface area contributed by atoms with Crippen molar-refractivity contribution in [3.05, 3.63) is 24.3 Å². The molecule has 2 atom stereocenters. The number of anilines is 2. The summed E-state index contributed by atoms with van der Waals surface area (Å²) in [5, 5.41) is 2.79. The molecule has 1 saturated heterocycles. The molecule has 7 nitrogen and oxygen atoms in total. The van der Waals surface area contributed by atoms with E-state index in [2.05, 4.69) is 5.32 Å². The van der Waals surface area contributed by atoms with Crippen molar-refractivity contribution in [2.24, 2.45) is 5.92 Å². The first-order valence-electron chi connectivity index (χ1n) is 9.14. The average Bonchev–Trinajstić information content (AvgIpc) is 3.51. The van der Waals surface area contributed by atoms with E-state index in [-0.39, 0.29) is 30.1 Å². The molecule has 1 saturated carbocycles. The third-order valence-electron chi connectivity index (χ3n) is 5.34. The number of Topliss-reactive ketones (excluding diaryl/α,β-unsaturated/α-hetero) is 1. The number of nitrogens with one attached hydrogen (secondary N) is 1. The highest BCUT2D eigenvalue weighted by molar-refractivity contribution is 6.11. The Hall–Kier alpha value is -2.25.